The first-order valence-corrected chi connectivity index (χ1v) is 6.26. The molecule has 0 radical (unpaired) electrons. The van der Waals surface area contributed by atoms with Gasteiger partial charge in [0.05, 0.1) is 0 Å². The molecule has 86 valence electrons. The Hall–Kier alpha value is -0.530. The Labute approximate surface area is 92.8 Å². The van der Waals surface area contributed by atoms with E-state index in [2.05, 4.69) is 26.1 Å². The molecule has 0 saturated heterocycles. The van der Waals surface area contributed by atoms with E-state index in [0.717, 1.165) is 11.8 Å². The standard InChI is InChI=1S/C13H23NO/c1-5-12(15)14-11-7-9-6-10(8(11)2)13(9,3)4/h8-11H,5-7H2,1-4H3,(H,14,15). The summed E-state index contributed by atoms with van der Waals surface area (Å²) in [6, 6.07) is 0.439. The van der Waals surface area contributed by atoms with Crippen molar-refractivity contribution in [2.24, 2.45) is 23.2 Å². The molecule has 0 aliphatic heterocycles. The Kier molecular flexibility index (Phi) is 2.56. The van der Waals surface area contributed by atoms with Gasteiger partial charge in [-0.25, -0.2) is 0 Å². The van der Waals surface area contributed by atoms with Gasteiger partial charge in [-0.3, -0.25) is 4.79 Å². The Bertz CT molecular complexity index is 272. The number of amides is 1. The van der Waals surface area contributed by atoms with E-state index >= 15 is 0 Å². The van der Waals surface area contributed by atoms with Crippen molar-refractivity contribution in [2.75, 3.05) is 0 Å². The van der Waals surface area contributed by atoms with E-state index in [1.807, 2.05) is 6.92 Å². The van der Waals surface area contributed by atoms with Gasteiger partial charge in [-0.1, -0.05) is 27.7 Å². The highest BCUT2D eigenvalue weighted by Gasteiger charge is 2.56. The van der Waals surface area contributed by atoms with Gasteiger partial charge in [0, 0.05) is 12.5 Å². The Balaban J connectivity index is 1.99. The van der Waals surface area contributed by atoms with Crippen LogP contribution in [0.5, 0.6) is 0 Å². The number of carbonyl (C=O) groups is 1. The van der Waals surface area contributed by atoms with E-state index in [-0.39, 0.29) is 5.91 Å². The highest BCUT2D eigenvalue weighted by molar-refractivity contribution is 5.75. The predicted molar refractivity (Wildman–Crippen MR) is 61.4 cm³/mol. The molecule has 2 heteroatoms. The minimum Gasteiger partial charge on any atom is -0.353 e. The van der Waals surface area contributed by atoms with Crippen LogP contribution in [0, 0.1) is 23.2 Å². The summed E-state index contributed by atoms with van der Waals surface area (Å²) < 4.78 is 0. The lowest BCUT2D eigenvalue weighted by Gasteiger charge is -2.62. The van der Waals surface area contributed by atoms with E-state index < -0.39 is 0 Å². The van der Waals surface area contributed by atoms with Crippen molar-refractivity contribution in [3.63, 3.8) is 0 Å². The van der Waals surface area contributed by atoms with Crippen molar-refractivity contribution in [1.29, 1.82) is 0 Å². The maximum Gasteiger partial charge on any atom is 0.219 e. The molecule has 3 saturated carbocycles. The van der Waals surface area contributed by atoms with Crippen LogP contribution in [-0.2, 0) is 4.79 Å². The molecule has 0 aromatic heterocycles. The summed E-state index contributed by atoms with van der Waals surface area (Å²) in [4.78, 5) is 11.4. The van der Waals surface area contributed by atoms with Crippen LogP contribution in [0.25, 0.3) is 0 Å². The third-order valence-corrected chi connectivity index (χ3v) is 5.02. The van der Waals surface area contributed by atoms with Crippen molar-refractivity contribution in [2.45, 2.75) is 53.0 Å². The summed E-state index contributed by atoms with van der Waals surface area (Å²) >= 11 is 0. The third kappa shape index (κ3) is 1.58. The molecule has 1 N–H and O–H groups in total. The zero-order chi connectivity index (χ0) is 11.2. The molecule has 3 aliphatic carbocycles. The van der Waals surface area contributed by atoms with Gasteiger partial charge in [-0.2, -0.15) is 0 Å². The maximum absolute atomic E-state index is 11.4. The second-order valence-electron chi connectivity index (χ2n) is 5.98. The summed E-state index contributed by atoms with van der Waals surface area (Å²) in [6.07, 6.45) is 3.19. The van der Waals surface area contributed by atoms with Crippen LogP contribution in [0.3, 0.4) is 0 Å². The summed E-state index contributed by atoms with van der Waals surface area (Å²) in [5, 5.41) is 3.18. The van der Waals surface area contributed by atoms with Crippen LogP contribution >= 0.6 is 0 Å². The summed E-state index contributed by atoms with van der Waals surface area (Å²) in [7, 11) is 0. The first kappa shape index (κ1) is 11.0. The topological polar surface area (TPSA) is 29.1 Å². The van der Waals surface area contributed by atoms with Gasteiger partial charge in [0.1, 0.15) is 0 Å². The minimum absolute atomic E-state index is 0.214. The number of carbonyl (C=O) groups excluding carboxylic acids is 1. The number of fused-ring (bicyclic) bond motifs is 2. The smallest absolute Gasteiger partial charge is 0.219 e. The Morgan fingerprint density at radius 1 is 1.40 bits per heavy atom. The van der Waals surface area contributed by atoms with E-state index in [1.54, 1.807) is 0 Å². The highest BCUT2D eigenvalue weighted by atomic mass is 16.1. The zero-order valence-corrected chi connectivity index (χ0v) is 10.3. The fourth-order valence-electron chi connectivity index (χ4n) is 3.65. The SMILES string of the molecule is CCC(=O)NC1CC2CC(C1C)C2(C)C. The predicted octanol–water partition coefficient (Wildman–Crippen LogP) is 2.58. The molecule has 4 atom stereocenters. The van der Waals surface area contributed by atoms with Gasteiger partial charge < -0.3 is 5.32 Å². The highest BCUT2D eigenvalue weighted by Crippen LogP contribution is 2.61. The average molecular weight is 209 g/mol. The molecule has 0 heterocycles. The normalized spacial score (nSPS) is 41.9. The monoisotopic (exact) mass is 209 g/mol. The third-order valence-electron chi connectivity index (χ3n) is 5.02. The number of rotatable bonds is 2. The Morgan fingerprint density at radius 2 is 2.07 bits per heavy atom. The van der Waals surface area contributed by atoms with Crippen molar-refractivity contribution < 1.29 is 4.79 Å². The second kappa shape index (κ2) is 3.50. The molecule has 2 bridgehead atoms. The summed E-state index contributed by atoms with van der Waals surface area (Å²) in [5.74, 6) is 2.52. The molecule has 3 rings (SSSR count). The zero-order valence-electron chi connectivity index (χ0n) is 10.3. The van der Waals surface area contributed by atoms with Crippen LogP contribution in [0.1, 0.15) is 47.0 Å². The molecule has 3 fully saturated rings. The first-order valence-electron chi connectivity index (χ1n) is 6.26. The maximum atomic E-state index is 11.4. The summed E-state index contributed by atoms with van der Waals surface area (Å²) in [6.45, 7) is 9.01. The van der Waals surface area contributed by atoms with Crippen molar-refractivity contribution in [1.82, 2.24) is 5.32 Å². The van der Waals surface area contributed by atoms with Crippen LogP contribution in [0.15, 0.2) is 0 Å². The molecule has 0 aromatic rings. The van der Waals surface area contributed by atoms with E-state index in [1.165, 1.54) is 12.8 Å². The van der Waals surface area contributed by atoms with Crippen molar-refractivity contribution in [3.05, 3.63) is 0 Å². The van der Waals surface area contributed by atoms with Gasteiger partial charge in [0.25, 0.3) is 0 Å². The largest absolute Gasteiger partial charge is 0.353 e. The quantitative estimate of drug-likeness (QED) is 0.744. The van der Waals surface area contributed by atoms with Crippen LogP contribution in [-0.4, -0.2) is 11.9 Å². The van der Waals surface area contributed by atoms with E-state index in [0.29, 0.717) is 23.8 Å². The lowest BCUT2D eigenvalue weighted by Crippen LogP contribution is -2.60. The fraction of sp³-hybridized carbons (Fsp3) is 0.923. The number of hydrogen-bond donors (Lipinski definition) is 1. The lowest BCUT2D eigenvalue weighted by atomic mass is 9.45. The van der Waals surface area contributed by atoms with Crippen molar-refractivity contribution in [3.8, 4) is 0 Å². The second-order valence-corrected chi connectivity index (χ2v) is 5.98. The van der Waals surface area contributed by atoms with Gasteiger partial charge in [-0.05, 0) is 36.0 Å². The van der Waals surface area contributed by atoms with Gasteiger partial charge in [-0.15, -0.1) is 0 Å². The van der Waals surface area contributed by atoms with Crippen LogP contribution in [0.2, 0.25) is 0 Å². The molecule has 2 nitrogen and oxygen atoms in total. The molecule has 0 spiro atoms. The number of hydrogen-bond acceptors (Lipinski definition) is 1. The van der Waals surface area contributed by atoms with E-state index in [4.69, 9.17) is 0 Å². The van der Waals surface area contributed by atoms with Gasteiger partial charge in [0.2, 0.25) is 5.91 Å². The molecule has 3 aliphatic rings. The first-order chi connectivity index (χ1) is 6.96. The molecular weight excluding hydrogens is 186 g/mol. The van der Waals surface area contributed by atoms with Gasteiger partial charge >= 0.3 is 0 Å². The summed E-state index contributed by atoms with van der Waals surface area (Å²) in [5.41, 5.74) is 0.521. The van der Waals surface area contributed by atoms with Gasteiger partial charge in [0.15, 0.2) is 0 Å². The molecule has 15 heavy (non-hydrogen) atoms. The van der Waals surface area contributed by atoms with E-state index in [9.17, 15) is 4.79 Å². The fourth-order valence-corrected chi connectivity index (χ4v) is 3.65. The minimum atomic E-state index is 0.214. The van der Waals surface area contributed by atoms with Crippen LogP contribution in [0.4, 0.5) is 0 Å². The van der Waals surface area contributed by atoms with Crippen molar-refractivity contribution >= 4 is 5.91 Å². The molecule has 0 aromatic carbocycles. The average Bonchev–Trinajstić information content (AvgIpc) is 2.19. The van der Waals surface area contributed by atoms with Crippen LogP contribution < -0.4 is 5.32 Å². The molecular formula is C13H23NO. The lowest BCUT2D eigenvalue weighted by molar-refractivity contribution is -0.133. The Morgan fingerprint density at radius 3 is 2.53 bits per heavy atom. The molecule has 1 amide bonds. The number of nitrogens with one attached hydrogen (secondary N) is 1. The molecule has 4 unspecified atom stereocenters.